The fourth-order valence-electron chi connectivity index (χ4n) is 5.88. The van der Waals surface area contributed by atoms with Gasteiger partial charge in [-0.05, 0) is 60.1 Å². The molecule has 0 bridgehead atoms. The minimum atomic E-state index is -2.90. The van der Waals surface area contributed by atoms with Crippen LogP contribution in [0.25, 0.3) is 10.9 Å². The monoisotopic (exact) mass is 562 g/mol. The Kier molecular flexibility index (Phi) is 7.68. The standard InChI is InChI=1S/C33H33ClF2N2O2/c1-21-28(19-23-9-11-24(12-10-23)32(3,35)36)31(34)29-20-27(13-14-30(29)37-21)33(40,25-7-5-4-6-8-25)26-15-17-38(18-16-26)22(2)39/h4-14,20,26,40H,15-19H2,1-3H3. The summed E-state index contributed by atoms with van der Waals surface area (Å²) in [5, 5.41) is 13.7. The van der Waals surface area contributed by atoms with E-state index >= 15 is 0 Å². The van der Waals surface area contributed by atoms with Crippen LogP contribution in [0.2, 0.25) is 5.02 Å². The van der Waals surface area contributed by atoms with Crippen LogP contribution in [0.5, 0.6) is 0 Å². The highest BCUT2D eigenvalue weighted by Gasteiger charge is 2.42. The van der Waals surface area contributed by atoms with Gasteiger partial charge in [-0.25, -0.2) is 8.78 Å². The molecule has 0 radical (unpaired) electrons. The Morgan fingerprint density at radius 1 is 1.00 bits per heavy atom. The Morgan fingerprint density at radius 2 is 1.62 bits per heavy atom. The zero-order valence-electron chi connectivity index (χ0n) is 22.9. The number of likely N-dealkylation sites (tertiary alicyclic amines) is 1. The number of carbonyl (C=O) groups is 1. The molecular weight excluding hydrogens is 530 g/mol. The Labute approximate surface area is 238 Å². The van der Waals surface area contributed by atoms with Crippen molar-refractivity contribution in [3.63, 3.8) is 0 Å². The number of halogens is 3. The molecule has 2 heterocycles. The summed E-state index contributed by atoms with van der Waals surface area (Å²) in [5.74, 6) is -2.95. The van der Waals surface area contributed by atoms with Crippen LogP contribution < -0.4 is 0 Å². The Hall–Kier alpha value is -3.35. The second kappa shape index (κ2) is 10.9. The van der Waals surface area contributed by atoms with Gasteiger partial charge in [-0.2, -0.15) is 0 Å². The predicted octanol–water partition coefficient (Wildman–Crippen LogP) is 7.39. The molecule has 1 aromatic heterocycles. The maximum absolute atomic E-state index is 13.7. The molecule has 4 aromatic rings. The number of hydrogen-bond donors (Lipinski definition) is 1. The molecule has 1 fully saturated rings. The van der Waals surface area contributed by atoms with Crippen molar-refractivity contribution in [3.8, 4) is 0 Å². The number of rotatable bonds is 6. The number of carbonyl (C=O) groups excluding carboxylic acids is 1. The van der Waals surface area contributed by atoms with Gasteiger partial charge in [-0.15, -0.1) is 0 Å². The lowest BCUT2D eigenvalue weighted by Crippen LogP contribution is -2.45. The number of aliphatic hydroxyl groups is 1. The summed E-state index contributed by atoms with van der Waals surface area (Å²) in [4.78, 5) is 18.6. The number of hydrogen-bond acceptors (Lipinski definition) is 3. The van der Waals surface area contributed by atoms with E-state index in [4.69, 9.17) is 16.6 Å². The first-order valence-corrected chi connectivity index (χ1v) is 14.0. The topological polar surface area (TPSA) is 53.4 Å². The third-order valence-electron chi connectivity index (χ3n) is 8.25. The van der Waals surface area contributed by atoms with E-state index in [0.29, 0.717) is 37.4 Å². The van der Waals surface area contributed by atoms with E-state index in [1.54, 1.807) is 19.1 Å². The molecule has 4 nitrogen and oxygen atoms in total. The molecule has 1 N–H and O–H groups in total. The lowest BCUT2D eigenvalue weighted by Gasteiger charge is -2.42. The zero-order valence-corrected chi connectivity index (χ0v) is 23.7. The normalized spacial score (nSPS) is 16.2. The van der Waals surface area contributed by atoms with Crippen molar-refractivity contribution in [2.24, 2.45) is 5.92 Å². The number of amides is 1. The SMILES string of the molecule is CC(=O)N1CCC(C(O)(c2ccccc2)c2ccc3nc(C)c(Cc4ccc(C(C)(F)F)cc4)c(Cl)c3c2)CC1. The molecule has 7 heteroatoms. The van der Waals surface area contributed by atoms with E-state index < -0.39 is 11.5 Å². The molecule has 1 aliphatic rings. The average Bonchev–Trinajstić information content (AvgIpc) is 2.95. The zero-order chi connectivity index (χ0) is 28.7. The molecule has 0 spiro atoms. The fraction of sp³-hybridized carbons (Fsp3) is 0.333. The summed E-state index contributed by atoms with van der Waals surface area (Å²) in [5.41, 5.74) is 3.36. The number of benzene rings is 3. The Balaban J connectivity index is 1.56. The second-order valence-electron chi connectivity index (χ2n) is 10.9. The summed E-state index contributed by atoms with van der Waals surface area (Å²) < 4.78 is 27.4. The molecular formula is C33H33ClF2N2O2. The molecule has 1 amide bonds. The van der Waals surface area contributed by atoms with Crippen molar-refractivity contribution >= 4 is 28.4 Å². The van der Waals surface area contributed by atoms with Gasteiger partial charge >= 0.3 is 0 Å². The molecule has 208 valence electrons. The highest BCUT2D eigenvalue weighted by atomic mass is 35.5. The van der Waals surface area contributed by atoms with Crippen LogP contribution in [-0.2, 0) is 22.7 Å². The maximum Gasteiger partial charge on any atom is 0.270 e. The van der Waals surface area contributed by atoms with E-state index in [9.17, 15) is 18.7 Å². The summed E-state index contributed by atoms with van der Waals surface area (Å²) in [6.07, 6.45) is 1.78. The van der Waals surface area contributed by atoms with Crippen LogP contribution in [0.1, 0.15) is 60.2 Å². The average molecular weight is 563 g/mol. The summed E-state index contributed by atoms with van der Waals surface area (Å²) in [6, 6.07) is 21.7. The molecule has 0 saturated carbocycles. The highest BCUT2D eigenvalue weighted by Crippen LogP contribution is 2.43. The van der Waals surface area contributed by atoms with Crippen molar-refractivity contribution in [1.29, 1.82) is 0 Å². The van der Waals surface area contributed by atoms with Gasteiger partial charge in [0.1, 0.15) is 5.60 Å². The first-order valence-electron chi connectivity index (χ1n) is 13.6. The van der Waals surface area contributed by atoms with Crippen molar-refractivity contribution in [3.05, 3.63) is 111 Å². The van der Waals surface area contributed by atoms with Crippen LogP contribution in [0.15, 0.2) is 72.8 Å². The van der Waals surface area contributed by atoms with Gasteiger partial charge in [0.05, 0.1) is 10.5 Å². The van der Waals surface area contributed by atoms with Crippen molar-refractivity contribution < 1.29 is 18.7 Å². The molecule has 1 saturated heterocycles. The molecule has 0 aliphatic carbocycles. The second-order valence-corrected chi connectivity index (χ2v) is 11.3. The van der Waals surface area contributed by atoms with Gasteiger partial charge in [0.15, 0.2) is 0 Å². The minimum Gasteiger partial charge on any atom is -0.380 e. The van der Waals surface area contributed by atoms with Gasteiger partial charge < -0.3 is 10.0 Å². The molecule has 1 atom stereocenters. The van der Waals surface area contributed by atoms with E-state index in [0.717, 1.165) is 45.8 Å². The van der Waals surface area contributed by atoms with Crippen LogP contribution in [0.4, 0.5) is 8.78 Å². The number of alkyl halides is 2. The Bertz CT molecular complexity index is 1530. The number of aryl methyl sites for hydroxylation is 1. The molecule has 40 heavy (non-hydrogen) atoms. The number of fused-ring (bicyclic) bond motifs is 1. The number of piperidine rings is 1. The summed E-state index contributed by atoms with van der Waals surface area (Å²) >= 11 is 7.02. The van der Waals surface area contributed by atoms with Gasteiger partial charge in [0, 0.05) is 50.0 Å². The van der Waals surface area contributed by atoms with Crippen LogP contribution in [0.3, 0.4) is 0 Å². The number of pyridine rings is 1. The molecule has 1 aliphatic heterocycles. The fourth-order valence-corrected chi connectivity index (χ4v) is 6.24. The Morgan fingerprint density at radius 3 is 2.23 bits per heavy atom. The van der Waals surface area contributed by atoms with Crippen molar-refractivity contribution in [2.45, 2.75) is 51.6 Å². The lowest BCUT2D eigenvalue weighted by atomic mass is 9.71. The van der Waals surface area contributed by atoms with Gasteiger partial charge in [-0.3, -0.25) is 9.78 Å². The predicted molar refractivity (Wildman–Crippen MR) is 155 cm³/mol. The largest absolute Gasteiger partial charge is 0.380 e. The van der Waals surface area contributed by atoms with E-state index in [1.807, 2.05) is 60.4 Å². The van der Waals surface area contributed by atoms with Crippen LogP contribution >= 0.6 is 11.6 Å². The van der Waals surface area contributed by atoms with Crippen molar-refractivity contribution in [2.75, 3.05) is 13.1 Å². The van der Waals surface area contributed by atoms with E-state index in [1.165, 1.54) is 12.1 Å². The van der Waals surface area contributed by atoms with Crippen LogP contribution in [-0.4, -0.2) is 34.0 Å². The smallest absolute Gasteiger partial charge is 0.270 e. The minimum absolute atomic E-state index is 0.0327. The highest BCUT2D eigenvalue weighted by molar-refractivity contribution is 6.36. The quantitative estimate of drug-likeness (QED) is 0.266. The number of nitrogens with zero attached hydrogens (tertiary/aromatic N) is 2. The van der Waals surface area contributed by atoms with Gasteiger partial charge in [0.25, 0.3) is 5.92 Å². The maximum atomic E-state index is 13.7. The molecule has 3 aromatic carbocycles. The van der Waals surface area contributed by atoms with E-state index in [-0.39, 0.29) is 17.4 Å². The summed E-state index contributed by atoms with van der Waals surface area (Å²) in [6.45, 7) is 5.55. The van der Waals surface area contributed by atoms with E-state index in [2.05, 4.69) is 0 Å². The van der Waals surface area contributed by atoms with Crippen molar-refractivity contribution in [1.82, 2.24) is 9.88 Å². The molecule has 5 rings (SSSR count). The lowest BCUT2D eigenvalue weighted by molar-refractivity contribution is -0.131. The summed E-state index contributed by atoms with van der Waals surface area (Å²) in [7, 11) is 0. The third-order valence-corrected chi connectivity index (χ3v) is 8.68. The van der Waals surface area contributed by atoms with Gasteiger partial charge in [-0.1, -0.05) is 72.3 Å². The van der Waals surface area contributed by atoms with Gasteiger partial charge in [0.2, 0.25) is 5.91 Å². The first-order chi connectivity index (χ1) is 19.0. The molecule has 1 unspecified atom stereocenters. The first kappa shape index (κ1) is 28.2. The van der Waals surface area contributed by atoms with Crippen LogP contribution in [0, 0.1) is 12.8 Å². The number of aromatic nitrogens is 1. The third kappa shape index (κ3) is 5.35.